The predicted molar refractivity (Wildman–Crippen MR) is 583 cm³/mol. The van der Waals surface area contributed by atoms with Crippen molar-refractivity contribution < 1.29 is 60.5 Å². The van der Waals surface area contributed by atoms with E-state index in [2.05, 4.69) is 288 Å². The van der Waals surface area contributed by atoms with Crippen LogP contribution in [0.2, 0.25) is 37.8 Å². The Bertz CT molecular complexity index is 6350. The van der Waals surface area contributed by atoms with Crippen molar-refractivity contribution in [1.82, 2.24) is 57.6 Å². The molecule has 146 heavy (non-hydrogen) atoms. The Balaban J connectivity index is 0.000000149. The number of anilines is 3. The number of imidazole rings is 2. The number of hydrogen-bond donors (Lipinski definition) is 3. The second-order valence-corrected chi connectivity index (χ2v) is 57.0. The van der Waals surface area contributed by atoms with Gasteiger partial charge in [-0.25, -0.2) is 33.8 Å². The van der Waals surface area contributed by atoms with Gasteiger partial charge in [-0.2, -0.15) is 20.2 Å². The molecule has 36 heteroatoms. The standard InChI is InChI=1S/C38H42N5O4PSi.C37H46N7O5PSi.C33H43N4O5PSi.2CH4/c1-3-32-33(24-35(45-32)42-26-40-36-30(21-22-39-37(36)42)41-38(44)27-14-7-4-8-15-27)46-48-43-23-13-20-31(43)34(47-48)25-49(2,28-16-9-5-10-17-28)29-18-11-6-12-19-29;1-5-29-30(22-32(47-29)43-24-39-33-34(43)40-37(41-35(45)25(2)3)42-36(33)46-21-13-19-38)48-50-44-20-12-18-28(44)31(49-50)23-51(4,26-14-8-6-9-15-26)27-16-10-7-11-17-27;1-5-27-28(21-31(40-27)36-20-18-30(35-33(36)39)34-32(38)23(2)3)41-43-37-19-12-17-26(37)29(42-43)22-44(4,24-13-8-6-9-14-24)25-15-10-7-11-16-25;;/h4-12,14-19,21-22,26,31-35H,3,13,20,23-25H2,1-2H3,(H,39,41,44);6-11,14-17,24-25,28-32H,5,12-13,18,20-23H2,1-4H3,(H,40,41,42,45);6-11,13-16,18,20,23,26-29,31H,5,12,17,19,21-22H2,1-4H3,(H,34,35,38,39);2*1H4/t31-,32+,33+,34+,35+,48-;28-,29+,30+,31+,32+,50-;26-,27+,28+,29+,31+,43-;;/m000../s1. The van der Waals surface area contributed by atoms with Crippen LogP contribution in [0.15, 0.2) is 254 Å². The van der Waals surface area contributed by atoms with Gasteiger partial charge in [-0.05, 0) is 100 Å². The first-order valence-corrected chi connectivity index (χ1v) is 62.7. The summed E-state index contributed by atoms with van der Waals surface area (Å²) < 4.78 is 79.8. The molecule has 3 amide bonds. The first-order valence-electron chi connectivity index (χ1n) is 51.2. The summed E-state index contributed by atoms with van der Waals surface area (Å²) in [6, 6.07) is 84.6. The molecule has 9 aliphatic rings. The van der Waals surface area contributed by atoms with Gasteiger partial charge in [0.05, 0.1) is 85.8 Å². The van der Waals surface area contributed by atoms with E-state index in [1.807, 2.05) is 27.3 Å². The Morgan fingerprint density at radius 1 is 0.452 bits per heavy atom. The van der Waals surface area contributed by atoms with Gasteiger partial charge in [0.2, 0.25) is 23.6 Å². The van der Waals surface area contributed by atoms with Crippen LogP contribution < -0.4 is 57.5 Å². The van der Waals surface area contributed by atoms with E-state index in [4.69, 9.17) is 51.4 Å². The van der Waals surface area contributed by atoms with Crippen molar-refractivity contribution in [3.63, 3.8) is 0 Å². The van der Waals surface area contributed by atoms with Gasteiger partial charge in [-0.3, -0.25) is 33.4 Å². The van der Waals surface area contributed by atoms with Crippen LogP contribution in [0, 0.1) is 23.2 Å². The molecule has 5 aromatic heterocycles. The summed E-state index contributed by atoms with van der Waals surface area (Å²) in [6.45, 7) is 24.0. The fourth-order valence-electron chi connectivity index (χ4n) is 21.9. The number of hydrogen-bond acceptors (Lipinski definition) is 24. The number of amides is 3. The van der Waals surface area contributed by atoms with E-state index in [0.29, 0.717) is 71.0 Å². The Morgan fingerprint density at radius 2 is 0.822 bits per heavy atom. The molecule has 9 aliphatic heterocycles. The van der Waals surface area contributed by atoms with Crippen molar-refractivity contribution in [3.8, 4) is 11.9 Å². The van der Waals surface area contributed by atoms with Crippen LogP contribution in [0.25, 0.3) is 22.3 Å². The third kappa shape index (κ3) is 23.2. The summed E-state index contributed by atoms with van der Waals surface area (Å²) in [5.41, 5.74) is 2.95. The monoisotopic (exact) mass is 2080 g/mol. The summed E-state index contributed by atoms with van der Waals surface area (Å²) in [7, 11) is -10.1. The number of carbonyl (C=O) groups is 3. The van der Waals surface area contributed by atoms with Crippen LogP contribution in [0.3, 0.4) is 0 Å². The molecule has 9 fully saturated rings. The third-order valence-corrected chi connectivity index (χ3v) is 48.8. The van der Waals surface area contributed by atoms with Crippen LogP contribution in [-0.2, 0) is 50.9 Å². The molecule has 7 aromatic carbocycles. The topological polar surface area (TPSA) is 322 Å². The molecule has 12 aromatic rings. The lowest BCUT2D eigenvalue weighted by molar-refractivity contribution is -0.119. The average molecular weight is 2090 g/mol. The second kappa shape index (κ2) is 48.1. The van der Waals surface area contributed by atoms with Crippen molar-refractivity contribution in [1.29, 1.82) is 5.26 Å². The summed E-state index contributed by atoms with van der Waals surface area (Å²) in [5, 5.41) is 26.1. The number of nitriles is 1. The molecule has 0 spiro atoms. The number of pyridine rings is 1. The zero-order valence-corrected chi connectivity index (χ0v) is 89.2. The molecule has 0 saturated carbocycles. The number of nitrogens with zero attached hydrogens (tertiary/aromatic N) is 13. The first kappa shape index (κ1) is 107. The summed E-state index contributed by atoms with van der Waals surface area (Å²) in [6.07, 6.45) is 16.1. The van der Waals surface area contributed by atoms with Crippen molar-refractivity contribution in [2.45, 2.75) is 276 Å². The van der Waals surface area contributed by atoms with Crippen LogP contribution in [0.5, 0.6) is 5.88 Å². The minimum atomic E-state index is -2.13. The number of fused-ring (bicyclic) bond motifs is 5. The molecule has 3 N–H and O–H groups in total. The zero-order chi connectivity index (χ0) is 99.8. The van der Waals surface area contributed by atoms with Gasteiger partial charge in [-0.1, -0.05) is 314 Å². The highest BCUT2D eigenvalue weighted by atomic mass is 31.2. The molecule has 18 atom stereocenters. The highest BCUT2D eigenvalue weighted by Crippen LogP contribution is 2.62. The molecule has 9 saturated heterocycles. The van der Waals surface area contributed by atoms with Crippen LogP contribution >= 0.6 is 25.6 Å². The third-order valence-electron chi connectivity index (χ3n) is 30.0. The van der Waals surface area contributed by atoms with Gasteiger partial charge in [0.1, 0.15) is 60.8 Å². The molecule has 0 radical (unpaired) electrons. The Hall–Kier alpha value is -10.2. The van der Waals surface area contributed by atoms with Crippen molar-refractivity contribution in [2.75, 3.05) is 42.2 Å². The number of ether oxygens (including phenoxy) is 4. The molecular weight excluding hydrogens is 1950 g/mol. The Labute approximate surface area is 864 Å². The minimum absolute atomic E-state index is 0. The lowest BCUT2D eigenvalue weighted by Crippen LogP contribution is -2.58. The van der Waals surface area contributed by atoms with Gasteiger partial charge >= 0.3 is 5.69 Å². The van der Waals surface area contributed by atoms with Crippen LogP contribution in [-0.4, -0.2) is 199 Å². The van der Waals surface area contributed by atoms with Crippen molar-refractivity contribution >= 4 is 138 Å². The fraction of sp³-hybridized carbons (Fsp3) is 0.445. The largest absolute Gasteiger partial charge is 0.475 e. The highest BCUT2D eigenvalue weighted by molar-refractivity contribution is 7.45. The van der Waals surface area contributed by atoms with Gasteiger partial charge < -0.3 is 56.7 Å². The molecular formula is C110H139N16O14P3Si3. The number of rotatable bonds is 33. The van der Waals surface area contributed by atoms with E-state index < -0.39 is 67.9 Å². The summed E-state index contributed by atoms with van der Waals surface area (Å²) in [5.74, 6) is -0.481. The maximum Gasteiger partial charge on any atom is 0.351 e. The first-order chi connectivity index (χ1) is 70.1. The number of benzene rings is 7. The van der Waals surface area contributed by atoms with E-state index in [1.54, 1.807) is 77.0 Å². The molecule has 0 unspecified atom stereocenters. The predicted octanol–water partition coefficient (Wildman–Crippen LogP) is 18.7. The Kier molecular flexibility index (Phi) is 35.3. The zero-order valence-electron chi connectivity index (χ0n) is 83.5. The molecule has 21 rings (SSSR count). The minimum Gasteiger partial charge on any atom is -0.475 e. The smallest absolute Gasteiger partial charge is 0.351 e. The van der Waals surface area contributed by atoms with Gasteiger partial charge in [-0.15, -0.1) is 0 Å². The Morgan fingerprint density at radius 3 is 1.20 bits per heavy atom. The molecule has 0 aliphatic carbocycles. The lowest BCUT2D eigenvalue weighted by Gasteiger charge is -2.32. The number of carbonyl (C=O) groups excluding carboxylic acids is 3. The van der Waals surface area contributed by atoms with Crippen LogP contribution in [0.4, 0.5) is 17.5 Å². The molecule has 14 heterocycles. The highest BCUT2D eigenvalue weighted by Gasteiger charge is 2.57. The average Bonchev–Trinajstić information content (AvgIpc) is 1.58. The second-order valence-electron chi connectivity index (χ2n) is 40.0. The quantitative estimate of drug-likeness (QED) is 0.0195. The van der Waals surface area contributed by atoms with E-state index in [9.17, 15) is 19.2 Å². The number of aromatic nitrogens is 9. The van der Waals surface area contributed by atoms with Crippen molar-refractivity contribution in [2.24, 2.45) is 11.8 Å². The SMILES string of the molecule is C.C.CC[C@H]1O[C@@H](n2ccc(NC(=O)C(C)C)nc2=O)C[C@H]1O[P@@]1O[C@H](C[Si](C)(c2ccccc2)c2ccccc2)[C@@H]2CCCN21.CC[C@H]1O[C@@H](n2cnc3c(NC(=O)c4ccccc4)ccnc32)C[C@H]1O[P@@]1O[C@H](C[Si](C)(c2ccccc2)c2ccccc2)[C@@H]2CCCN21.CC[C@H]1O[C@@H](n2cnc3c(OCCC#N)nc(NC(=O)C(C)C)nc32)C[C@H]1O[P@@]1O[C@H](C[Si](C)(c2ccccc2)c2ccccc2)[C@@H]2CCCN21. The maximum atomic E-state index is 12.9. The van der Waals surface area contributed by atoms with E-state index in [1.165, 1.54) is 42.1 Å². The maximum absolute atomic E-state index is 12.9. The summed E-state index contributed by atoms with van der Waals surface area (Å²) >= 11 is 0. The van der Waals surface area contributed by atoms with E-state index in [-0.39, 0.29) is 136 Å². The molecule has 30 nitrogen and oxygen atoms in total. The normalized spacial score (nSPS) is 25.4. The van der Waals surface area contributed by atoms with Gasteiger partial charge in [0.25, 0.3) is 31.5 Å². The molecule has 770 valence electrons. The van der Waals surface area contributed by atoms with E-state index >= 15 is 0 Å². The number of nitrogens with one attached hydrogen (secondary N) is 3. The van der Waals surface area contributed by atoms with Gasteiger partial charge in [0, 0.05) is 86.8 Å². The lowest BCUT2D eigenvalue weighted by atomic mass is 10.1. The van der Waals surface area contributed by atoms with Crippen molar-refractivity contribution in [3.05, 3.63) is 266 Å². The molecule has 0 bridgehead atoms. The van der Waals surface area contributed by atoms with E-state index in [0.717, 1.165) is 89.1 Å². The summed E-state index contributed by atoms with van der Waals surface area (Å²) in [4.78, 5) is 77.6. The van der Waals surface area contributed by atoms with Gasteiger partial charge in [0.15, 0.2) is 16.8 Å². The fourth-order valence-corrected chi connectivity index (χ4v) is 39.8. The van der Waals surface area contributed by atoms with Crippen LogP contribution in [0.1, 0.15) is 176 Å².